The summed E-state index contributed by atoms with van der Waals surface area (Å²) in [5.41, 5.74) is 2.57. The Balaban J connectivity index is 1.56. The summed E-state index contributed by atoms with van der Waals surface area (Å²) in [6.07, 6.45) is 2.03. The van der Waals surface area contributed by atoms with E-state index in [1.807, 2.05) is 54.6 Å². The maximum absolute atomic E-state index is 12.9. The molecular weight excluding hydrogens is 328 g/mol. The standard InChI is InChI=1S/C21H20N2O3/c1-25-16-9-7-14(8-10-16)17-11-13-26-20(17)21(24)23-18-6-2-4-15-5-3-12-22-19(15)18/h2-10,12,17,20H,11,13H2,1H3,(H,23,24)/t17-,20-/m1/s1. The van der Waals surface area contributed by atoms with Gasteiger partial charge in [-0.3, -0.25) is 9.78 Å². The zero-order valence-electron chi connectivity index (χ0n) is 14.5. The summed E-state index contributed by atoms with van der Waals surface area (Å²) in [6.45, 7) is 0.572. The summed E-state index contributed by atoms with van der Waals surface area (Å²) < 4.78 is 11.0. The number of benzene rings is 2. The molecule has 5 heteroatoms. The third-order valence-electron chi connectivity index (χ3n) is 4.78. The normalized spacial score (nSPS) is 19.4. The molecule has 3 aromatic rings. The third-order valence-corrected chi connectivity index (χ3v) is 4.78. The van der Waals surface area contributed by atoms with Crippen LogP contribution in [0, 0.1) is 0 Å². The van der Waals surface area contributed by atoms with Crippen molar-refractivity contribution in [1.29, 1.82) is 0 Å². The highest BCUT2D eigenvalue weighted by Crippen LogP contribution is 2.33. The molecule has 26 heavy (non-hydrogen) atoms. The van der Waals surface area contributed by atoms with Gasteiger partial charge in [0.2, 0.25) is 0 Å². The van der Waals surface area contributed by atoms with E-state index < -0.39 is 6.10 Å². The second kappa shape index (κ2) is 7.14. The number of pyridine rings is 1. The number of ether oxygens (including phenoxy) is 2. The molecule has 1 N–H and O–H groups in total. The van der Waals surface area contributed by atoms with Gasteiger partial charge in [-0.2, -0.15) is 0 Å². The monoisotopic (exact) mass is 348 g/mol. The van der Waals surface area contributed by atoms with Crippen LogP contribution >= 0.6 is 0 Å². The van der Waals surface area contributed by atoms with Crippen molar-refractivity contribution >= 4 is 22.5 Å². The van der Waals surface area contributed by atoms with Gasteiger partial charge in [0.05, 0.1) is 18.3 Å². The van der Waals surface area contributed by atoms with Gasteiger partial charge in [-0.1, -0.05) is 30.3 Å². The number of aromatic nitrogens is 1. The number of fused-ring (bicyclic) bond motifs is 1. The van der Waals surface area contributed by atoms with Crippen molar-refractivity contribution in [3.05, 3.63) is 66.4 Å². The first-order valence-electron chi connectivity index (χ1n) is 8.66. The van der Waals surface area contributed by atoms with E-state index in [2.05, 4.69) is 10.3 Å². The number of hydrogen-bond donors (Lipinski definition) is 1. The molecular formula is C21H20N2O3. The van der Waals surface area contributed by atoms with Gasteiger partial charge in [0.1, 0.15) is 11.9 Å². The summed E-state index contributed by atoms with van der Waals surface area (Å²) >= 11 is 0. The Morgan fingerprint density at radius 3 is 2.77 bits per heavy atom. The van der Waals surface area contributed by atoms with Gasteiger partial charge in [-0.15, -0.1) is 0 Å². The van der Waals surface area contributed by atoms with E-state index in [-0.39, 0.29) is 11.8 Å². The first-order chi connectivity index (χ1) is 12.8. The molecule has 1 fully saturated rings. The number of nitrogens with one attached hydrogen (secondary N) is 1. The number of para-hydroxylation sites is 1. The highest BCUT2D eigenvalue weighted by Gasteiger charge is 2.35. The van der Waals surface area contributed by atoms with Gasteiger partial charge in [-0.05, 0) is 36.2 Å². The molecule has 2 aromatic carbocycles. The van der Waals surface area contributed by atoms with Gasteiger partial charge in [-0.25, -0.2) is 0 Å². The van der Waals surface area contributed by atoms with Crippen molar-refractivity contribution in [2.24, 2.45) is 0 Å². The highest BCUT2D eigenvalue weighted by atomic mass is 16.5. The molecule has 0 saturated carbocycles. The number of methoxy groups -OCH3 is 1. The van der Waals surface area contributed by atoms with E-state index >= 15 is 0 Å². The van der Waals surface area contributed by atoms with Crippen molar-refractivity contribution in [3.8, 4) is 5.75 Å². The van der Waals surface area contributed by atoms with Crippen LogP contribution in [0.3, 0.4) is 0 Å². The first kappa shape index (κ1) is 16.5. The molecule has 2 heterocycles. The average Bonchev–Trinajstić information content (AvgIpc) is 3.18. The van der Waals surface area contributed by atoms with E-state index in [1.54, 1.807) is 13.3 Å². The Bertz CT molecular complexity index is 919. The second-order valence-corrected chi connectivity index (χ2v) is 6.33. The Morgan fingerprint density at radius 1 is 1.15 bits per heavy atom. The minimum absolute atomic E-state index is 0.0313. The van der Waals surface area contributed by atoms with Crippen LogP contribution in [-0.2, 0) is 9.53 Å². The topological polar surface area (TPSA) is 60.5 Å². The van der Waals surface area contributed by atoms with Crippen molar-refractivity contribution in [1.82, 2.24) is 4.98 Å². The first-order valence-corrected chi connectivity index (χ1v) is 8.66. The van der Waals surface area contributed by atoms with Gasteiger partial charge >= 0.3 is 0 Å². The van der Waals surface area contributed by atoms with E-state index in [1.165, 1.54) is 0 Å². The Kier molecular flexibility index (Phi) is 4.54. The molecule has 1 amide bonds. The largest absolute Gasteiger partial charge is 0.497 e. The number of nitrogens with zero attached hydrogens (tertiary/aromatic N) is 1. The van der Waals surface area contributed by atoms with Crippen molar-refractivity contribution in [2.45, 2.75) is 18.4 Å². The predicted octanol–water partition coefficient (Wildman–Crippen LogP) is 3.75. The molecule has 1 aliphatic heterocycles. The minimum Gasteiger partial charge on any atom is -0.497 e. The lowest BCUT2D eigenvalue weighted by Crippen LogP contribution is -2.31. The fraction of sp³-hybridized carbons (Fsp3) is 0.238. The number of carbonyl (C=O) groups is 1. The summed E-state index contributed by atoms with van der Waals surface area (Å²) in [5.74, 6) is 0.695. The molecule has 1 aliphatic rings. The average molecular weight is 348 g/mol. The van der Waals surface area contributed by atoms with Crippen LogP contribution in [0.4, 0.5) is 5.69 Å². The number of carbonyl (C=O) groups excluding carboxylic acids is 1. The fourth-order valence-electron chi connectivity index (χ4n) is 3.45. The Morgan fingerprint density at radius 2 is 1.96 bits per heavy atom. The third kappa shape index (κ3) is 3.13. The van der Waals surface area contributed by atoms with E-state index in [0.717, 1.165) is 28.6 Å². The number of hydrogen-bond acceptors (Lipinski definition) is 4. The van der Waals surface area contributed by atoms with E-state index in [9.17, 15) is 4.79 Å². The van der Waals surface area contributed by atoms with Crippen molar-refractivity contribution < 1.29 is 14.3 Å². The maximum atomic E-state index is 12.9. The number of anilines is 1. The lowest BCUT2D eigenvalue weighted by atomic mass is 9.92. The van der Waals surface area contributed by atoms with Gasteiger partial charge in [0.15, 0.2) is 0 Å². The smallest absolute Gasteiger partial charge is 0.254 e. The van der Waals surface area contributed by atoms with Gasteiger partial charge in [0, 0.05) is 24.1 Å². The molecule has 0 radical (unpaired) electrons. The summed E-state index contributed by atoms with van der Waals surface area (Å²) in [4.78, 5) is 17.3. The van der Waals surface area contributed by atoms with E-state index in [4.69, 9.17) is 9.47 Å². The van der Waals surface area contributed by atoms with Crippen molar-refractivity contribution in [2.75, 3.05) is 19.0 Å². The molecule has 0 aliphatic carbocycles. The highest BCUT2D eigenvalue weighted by molar-refractivity contribution is 6.02. The van der Waals surface area contributed by atoms with Crippen LogP contribution in [0.15, 0.2) is 60.8 Å². The Labute approximate surface area is 152 Å². The molecule has 1 aromatic heterocycles. The number of rotatable bonds is 4. The lowest BCUT2D eigenvalue weighted by Gasteiger charge is -2.19. The quantitative estimate of drug-likeness (QED) is 0.780. The minimum atomic E-state index is -0.512. The number of amides is 1. The molecule has 5 nitrogen and oxygen atoms in total. The van der Waals surface area contributed by atoms with Crippen LogP contribution in [0.5, 0.6) is 5.75 Å². The molecule has 0 bridgehead atoms. The van der Waals surface area contributed by atoms with Crippen LogP contribution in [0.25, 0.3) is 10.9 Å². The van der Waals surface area contributed by atoms with Gasteiger partial charge < -0.3 is 14.8 Å². The van der Waals surface area contributed by atoms with E-state index in [0.29, 0.717) is 12.3 Å². The summed E-state index contributed by atoms with van der Waals surface area (Å²) in [6, 6.07) is 17.4. The molecule has 1 saturated heterocycles. The zero-order chi connectivity index (χ0) is 17.9. The molecule has 0 unspecified atom stereocenters. The second-order valence-electron chi connectivity index (χ2n) is 6.33. The predicted molar refractivity (Wildman–Crippen MR) is 100 cm³/mol. The summed E-state index contributed by atoms with van der Waals surface area (Å²) in [5, 5.41) is 3.99. The summed E-state index contributed by atoms with van der Waals surface area (Å²) in [7, 11) is 1.64. The molecule has 2 atom stereocenters. The van der Waals surface area contributed by atoms with Crippen LogP contribution in [0.1, 0.15) is 17.9 Å². The lowest BCUT2D eigenvalue weighted by molar-refractivity contribution is -0.125. The van der Waals surface area contributed by atoms with Gasteiger partial charge in [0.25, 0.3) is 5.91 Å². The van der Waals surface area contributed by atoms with Crippen LogP contribution in [-0.4, -0.2) is 30.7 Å². The van der Waals surface area contributed by atoms with Crippen LogP contribution in [0.2, 0.25) is 0 Å². The Hall–Kier alpha value is -2.92. The molecule has 132 valence electrons. The molecule has 0 spiro atoms. The fourth-order valence-corrected chi connectivity index (χ4v) is 3.45. The van der Waals surface area contributed by atoms with Crippen molar-refractivity contribution in [3.63, 3.8) is 0 Å². The van der Waals surface area contributed by atoms with Crippen LogP contribution < -0.4 is 10.1 Å². The SMILES string of the molecule is COc1ccc([C@H]2CCO[C@H]2C(=O)Nc2cccc3cccnc23)cc1. The zero-order valence-corrected chi connectivity index (χ0v) is 14.5. The molecule has 4 rings (SSSR count). The maximum Gasteiger partial charge on any atom is 0.254 e.